The van der Waals surface area contributed by atoms with Gasteiger partial charge in [0.05, 0.1) is 5.69 Å². The van der Waals surface area contributed by atoms with Gasteiger partial charge in [0.1, 0.15) is 0 Å². The highest BCUT2D eigenvalue weighted by atomic mass is 16.4. The molecule has 6 heteroatoms. The Balaban J connectivity index is 1.91. The number of hydrogen-bond donors (Lipinski definition) is 2. The Kier molecular flexibility index (Phi) is 3.25. The molecule has 6 nitrogen and oxygen atoms in total. The van der Waals surface area contributed by atoms with E-state index >= 15 is 0 Å². The number of carbonyl (C=O) groups is 1. The maximum absolute atomic E-state index is 11.1. The van der Waals surface area contributed by atoms with Crippen LogP contribution in [0, 0.1) is 0 Å². The van der Waals surface area contributed by atoms with Gasteiger partial charge in [-0.15, -0.1) is 0 Å². The number of aromatic nitrogens is 1. The summed E-state index contributed by atoms with van der Waals surface area (Å²) in [7, 11) is 0. The summed E-state index contributed by atoms with van der Waals surface area (Å²) < 4.78 is 0. The molecule has 1 aromatic rings. The van der Waals surface area contributed by atoms with Crippen LogP contribution in [0.2, 0.25) is 0 Å². The molecule has 0 amide bonds. The van der Waals surface area contributed by atoms with Gasteiger partial charge in [-0.2, -0.15) is 0 Å². The second kappa shape index (κ2) is 4.94. The molecule has 2 unspecified atom stereocenters. The second-order valence-electron chi connectivity index (χ2n) is 5.71. The molecule has 1 aromatic heterocycles. The minimum Gasteiger partial charge on any atom is -0.477 e. The topological polar surface area (TPSA) is 82.7 Å². The van der Waals surface area contributed by atoms with Gasteiger partial charge in [0.25, 0.3) is 0 Å². The molecule has 2 saturated heterocycles. The van der Waals surface area contributed by atoms with Crippen molar-refractivity contribution in [2.75, 3.05) is 30.3 Å². The number of carboxylic acid groups (broad SMARTS) is 1. The monoisotopic (exact) mass is 276 g/mol. The number of pyridine rings is 1. The largest absolute Gasteiger partial charge is 0.477 e. The highest BCUT2D eigenvalue weighted by molar-refractivity contribution is 5.87. The Morgan fingerprint density at radius 3 is 3.00 bits per heavy atom. The standard InChI is InChI=1S/C14H20N4O2/c1-9-7-17-6-2-3-10(17)8-18(9)13-11(15)4-5-12(16-13)14(19)20/h4-5,9-10H,2-3,6-8,15H2,1H3,(H,19,20). The number of aromatic carboxylic acids is 1. The van der Waals surface area contributed by atoms with E-state index in [1.807, 2.05) is 0 Å². The smallest absolute Gasteiger partial charge is 0.354 e. The van der Waals surface area contributed by atoms with Crippen LogP contribution in [-0.4, -0.2) is 52.7 Å². The lowest BCUT2D eigenvalue weighted by atomic mass is 10.1. The summed E-state index contributed by atoms with van der Waals surface area (Å²) in [4.78, 5) is 20.0. The molecule has 2 aliphatic rings. The number of nitrogens with zero attached hydrogens (tertiary/aromatic N) is 3. The molecule has 0 bridgehead atoms. The van der Waals surface area contributed by atoms with E-state index in [1.165, 1.54) is 25.5 Å². The highest BCUT2D eigenvalue weighted by Crippen LogP contribution is 2.30. The molecule has 3 rings (SSSR count). The summed E-state index contributed by atoms with van der Waals surface area (Å²) in [5.41, 5.74) is 6.61. The van der Waals surface area contributed by atoms with Crippen molar-refractivity contribution in [3.63, 3.8) is 0 Å². The first-order valence-electron chi connectivity index (χ1n) is 7.07. The number of piperazine rings is 1. The number of fused-ring (bicyclic) bond motifs is 1. The molecule has 0 aliphatic carbocycles. The van der Waals surface area contributed by atoms with Gasteiger partial charge in [-0.1, -0.05) is 0 Å². The van der Waals surface area contributed by atoms with Crippen LogP contribution in [0.5, 0.6) is 0 Å². The number of rotatable bonds is 2. The van der Waals surface area contributed by atoms with Crippen molar-refractivity contribution < 1.29 is 9.90 Å². The van der Waals surface area contributed by atoms with Gasteiger partial charge in [0.2, 0.25) is 0 Å². The van der Waals surface area contributed by atoms with E-state index in [1.54, 1.807) is 6.07 Å². The number of anilines is 2. The zero-order chi connectivity index (χ0) is 14.3. The zero-order valence-corrected chi connectivity index (χ0v) is 11.6. The predicted molar refractivity (Wildman–Crippen MR) is 77.0 cm³/mol. The minimum atomic E-state index is -1.02. The third-order valence-electron chi connectivity index (χ3n) is 4.33. The van der Waals surface area contributed by atoms with Crippen molar-refractivity contribution in [3.8, 4) is 0 Å². The Morgan fingerprint density at radius 1 is 1.45 bits per heavy atom. The van der Waals surface area contributed by atoms with E-state index < -0.39 is 5.97 Å². The Hall–Kier alpha value is -1.82. The molecule has 0 aromatic carbocycles. The van der Waals surface area contributed by atoms with Crippen LogP contribution in [0.3, 0.4) is 0 Å². The highest BCUT2D eigenvalue weighted by Gasteiger charge is 2.35. The molecular formula is C14H20N4O2. The fraction of sp³-hybridized carbons (Fsp3) is 0.571. The average molecular weight is 276 g/mol. The molecule has 3 heterocycles. The van der Waals surface area contributed by atoms with Crippen molar-refractivity contribution in [1.29, 1.82) is 0 Å². The molecule has 0 radical (unpaired) electrons. The van der Waals surface area contributed by atoms with Crippen molar-refractivity contribution in [1.82, 2.24) is 9.88 Å². The SMILES string of the molecule is CC1CN2CCCC2CN1c1nc(C(=O)O)ccc1N. The molecule has 20 heavy (non-hydrogen) atoms. The fourth-order valence-electron chi connectivity index (χ4n) is 3.29. The maximum Gasteiger partial charge on any atom is 0.354 e. The summed E-state index contributed by atoms with van der Waals surface area (Å²) in [6.45, 7) is 5.18. The summed E-state index contributed by atoms with van der Waals surface area (Å²) in [6.07, 6.45) is 2.44. The quantitative estimate of drug-likeness (QED) is 0.839. The number of hydrogen-bond acceptors (Lipinski definition) is 5. The molecule has 0 spiro atoms. The molecular weight excluding hydrogens is 256 g/mol. The van der Waals surface area contributed by atoms with E-state index in [4.69, 9.17) is 10.8 Å². The first-order chi connectivity index (χ1) is 9.56. The lowest BCUT2D eigenvalue weighted by Crippen LogP contribution is -2.55. The fourth-order valence-corrected chi connectivity index (χ4v) is 3.29. The van der Waals surface area contributed by atoms with Crippen molar-refractivity contribution in [3.05, 3.63) is 17.8 Å². The lowest BCUT2D eigenvalue weighted by molar-refractivity contribution is 0.0690. The first kappa shape index (κ1) is 13.2. The first-order valence-corrected chi connectivity index (χ1v) is 7.07. The van der Waals surface area contributed by atoms with E-state index in [9.17, 15) is 4.79 Å². The van der Waals surface area contributed by atoms with Crippen LogP contribution in [-0.2, 0) is 0 Å². The molecule has 3 N–H and O–H groups in total. The maximum atomic E-state index is 11.1. The lowest BCUT2D eigenvalue weighted by Gasteiger charge is -2.43. The van der Waals surface area contributed by atoms with Crippen molar-refractivity contribution in [2.45, 2.75) is 31.8 Å². The molecule has 0 saturated carbocycles. The van der Waals surface area contributed by atoms with Crippen molar-refractivity contribution in [2.24, 2.45) is 0 Å². The number of nitrogens with two attached hydrogens (primary N) is 1. The van der Waals surface area contributed by atoms with Crippen LogP contribution in [0.25, 0.3) is 0 Å². The summed E-state index contributed by atoms with van der Waals surface area (Å²) in [5.74, 6) is -0.401. The van der Waals surface area contributed by atoms with Crippen LogP contribution in [0.1, 0.15) is 30.3 Å². The van der Waals surface area contributed by atoms with Gasteiger partial charge in [-0.3, -0.25) is 4.90 Å². The minimum absolute atomic E-state index is 0.0512. The van der Waals surface area contributed by atoms with Gasteiger partial charge >= 0.3 is 5.97 Å². The van der Waals surface area contributed by atoms with E-state index in [2.05, 4.69) is 21.7 Å². The second-order valence-corrected chi connectivity index (χ2v) is 5.71. The van der Waals surface area contributed by atoms with Crippen molar-refractivity contribution >= 4 is 17.5 Å². The van der Waals surface area contributed by atoms with Crippen LogP contribution < -0.4 is 10.6 Å². The Morgan fingerprint density at radius 2 is 2.25 bits per heavy atom. The van der Waals surface area contributed by atoms with Gasteiger partial charge in [0, 0.05) is 25.2 Å². The Bertz CT molecular complexity index is 534. The van der Waals surface area contributed by atoms with Gasteiger partial charge in [0.15, 0.2) is 11.5 Å². The summed E-state index contributed by atoms with van der Waals surface area (Å²) in [6, 6.07) is 3.93. The molecule has 2 aliphatic heterocycles. The Labute approximate surface area is 118 Å². The van der Waals surface area contributed by atoms with Crippen LogP contribution in [0.15, 0.2) is 12.1 Å². The summed E-state index contributed by atoms with van der Waals surface area (Å²) >= 11 is 0. The molecule has 2 atom stereocenters. The number of carboxylic acids is 1. The number of nitrogen functional groups attached to an aromatic ring is 1. The normalized spacial score (nSPS) is 26.6. The van der Waals surface area contributed by atoms with Gasteiger partial charge < -0.3 is 15.7 Å². The molecule has 2 fully saturated rings. The summed E-state index contributed by atoms with van der Waals surface area (Å²) in [5, 5.41) is 9.08. The third kappa shape index (κ3) is 2.20. The van der Waals surface area contributed by atoms with Gasteiger partial charge in [-0.25, -0.2) is 9.78 Å². The molecule has 108 valence electrons. The van der Waals surface area contributed by atoms with E-state index in [0.29, 0.717) is 23.6 Å². The van der Waals surface area contributed by atoms with Crippen LogP contribution >= 0.6 is 0 Å². The van der Waals surface area contributed by atoms with E-state index in [0.717, 1.165) is 13.1 Å². The average Bonchev–Trinajstić information content (AvgIpc) is 2.85. The predicted octanol–water partition coefficient (Wildman–Crippen LogP) is 1.03. The zero-order valence-electron chi connectivity index (χ0n) is 11.6. The third-order valence-corrected chi connectivity index (χ3v) is 4.33. The van der Waals surface area contributed by atoms with E-state index in [-0.39, 0.29) is 5.69 Å². The van der Waals surface area contributed by atoms with Gasteiger partial charge in [-0.05, 0) is 38.4 Å². The van der Waals surface area contributed by atoms with Crippen LogP contribution in [0.4, 0.5) is 11.5 Å².